The summed E-state index contributed by atoms with van der Waals surface area (Å²) in [5, 5.41) is 3.28. The van der Waals surface area contributed by atoms with E-state index >= 15 is 0 Å². The van der Waals surface area contributed by atoms with E-state index in [1.807, 2.05) is 4.90 Å². The Bertz CT molecular complexity index is 540. The zero-order chi connectivity index (χ0) is 14.8. The van der Waals surface area contributed by atoms with E-state index in [0.717, 1.165) is 12.8 Å². The predicted octanol–water partition coefficient (Wildman–Crippen LogP) is 2.46. The molecule has 1 unspecified atom stereocenters. The highest BCUT2D eigenvalue weighted by Gasteiger charge is 2.38. The number of rotatable bonds is 3. The van der Waals surface area contributed by atoms with Gasteiger partial charge in [-0.2, -0.15) is 0 Å². The largest absolute Gasteiger partial charge is 0.339 e. The van der Waals surface area contributed by atoms with Gasteiger partial charge in [0.2, 0.25) is 11.8 Å². The molecule has 0 radical (unpaired) electrons. The van der Waals surface area contributed by atoms with Gasteiger partial charge in [0.1, 0.15) is 5.82 Å². The van der Waals surface area contributed by atoms with Crippen molar-refractivity contribution in [2.24, 2.45) is 5.92 Å². The Balaban J connectivity index is 1.60. The molecule has 2 fully saturated rings. The lowest BCUT2D eigenvalue weighted by Crippen LogP contribution is -2.35. The monoisotopic (exact) mass is 307 g/mol. The molecule has 0 bridgehead atoms. The van der Waals surface area contributed by atoms with Crippen molar-refractivity contribution in [3.05, 3.63) is 23.4 Å². The van der Waals surface area contributed by atoms with Gasteiger partial charge in [0.25, 0.3) is 0 Å². The van der Waals surface area contributed by atoms with E-state index in [9.17, 15) is 9.59 Å². The van der Waals surface area contributed by atoms with Crippen LogP contribution in [0.25, 0.3) is 0 Å². The third-order valence-electron chi connectivity index (χ3n) is 4.27. The van der Waals surface area contributed by atoms with Crippen molar-refractivity contribution in [2.45, 2.75) is 38.1 Å². The topological polar surface area (TPSA) is 62.3 Å². The maximum absolute atomic E-state index is 12.2. The Morgan fingerprint density at radius 1 is 1.33 bits per heavy atom. The van der Waals surface area contributed by atoms with Crippen molar-refractivity contribution in [1.82, 2.24) is 9.88 Å². The van der Waals surface area contributed by atoms with Gasteiger partial charge in [-0.3, -0.25) is 9.59 Å². The van der Waals surface area contributed by atoms with Crippen molar-refractivity contribution in [3.63, 3.8) is 0 Å². The van der Waals surface area contributed by atoms with Crippen molar-refractivity contribution >= 4 is 29.2 Å². The maximum Gasteiger partial charge on any atom is 0.230 e. The molecule has 2 heterocycles. The smallest absolute Gasteiger partial charge is 0.230 e. The number of halogens is 1. The minimum atomic E-state index is -0.282. The molecule has 1 aromatic rings. The lowest BCUT2D eigenvalue weighted by Gasteiger charge is -2.23. The first-order valence-corrected chi connectivity index (χ1v) is 7.73. The van der Waals surface area contributed by atoms with Gasteiger partial charge in [-0.25, -0.2) is 4.98 Å². The first-order valence-electron chi connectivity index (χ1n) is 7.35. The molecule has 0 spiro atoms. The van der Waals surface area contributed by atoms with Crippen molar-refractivity contribution in [1.29, 1.82) is 0 Å². The van der Waals surface area contributed by atoms with Crippen LogP contribution >= 0.6 is 11.6 Å². The fourth-order valence-electron chi connectivity index (χ4n) is 3.15. The number of nitrogens with zero attached hydrogens (tertiary/aromatic N) is 2. The third-order valence-corrected chi connectivity index (χ3v) is 4.50. The second-order valence-corrected chi connectivity index (χ2v) is 6.17. The zero-order valence-corrected chi connectivity index (χ0v) is 12.5. The second kappa shape index (κ2) is 6.02. The number of likely N-dealkylation sites (tertiary alicyclic amines) is 1. The van der Waals surface area contributed by atoms with Crippen LogP contribution in [0.3, 0.4) is 0 Å². The molecule has 1 atom stereocenters. The molecule has 2 aliphatic rings. The first-order chi connectivity index (χ1) is 10.1. The van der Waals surface area contributed by atoms with Crippen LogP contribution in [-0.2, 0) is 9.59 Å². The minimum absolute atomic E-state index is 0.103. The molecule has 6 heteroatoms. The summed E-state index contributed by atoms with van der Waals surface area (Å²) >= 11 is 5.76. The fraction of sp³-hybridized carbons (Fsp3) is 0.533. The second-order valence-electron chi connectivity index (χ2n) is 5.74. The summed E-state index contributed by atoms with van der Waals surface area (Å²) in [5.74, 6) is 0.150. The van der Waals surface area contributed by atoms with Crippen LogP contribution in [0.4, 0.5) is 5.82 Å². The molecular formula is C15H18ClN3O2. The van der Waals surface area contributed by atoms with Crippen LogP contribution in [0.1, 0.15) is 32.1 Å². The Morgan fingerprint density at radius 2 is 2.10 bits per heavy atom. The van der Waals surface area contributed by atoms with Crippen molar-refractivity contribution in [3.8, 4) is 0 Å². The van der Waals surface area contributed by atoms with E-state index in [4.69, 9.17) is 11.6 Å². The molecule has 3 rings (SSSR count). The standard InChI is InChI=1S/C15H18ClN3O2/c16-11-5-6-13(17-8-11)18-15(21)10-7-14(20)19(9-10)12-3-1-2-4-12/h5-6,8,10,12H,1-4,7,9H2,(H,17,18,21). The van der Waals surface area contributed by atoms with E-state index in [-0.39, 0.29) is 17.7 Å². The molecule has 1 N–H and O–H groups in total. The summed E-state index contributed by atoms with van der Waals surface area (Å²) in [4.78, 5) is 30.3. The summed E-state index contributed by atoms with van der Waals surface area (Å²) in [5.41, 5.74) is 0. The van der Waals surface area contributed by atoms with E-state index in [2.05, 4.69) is 10.3 Å². The van der Waals surface area contributed by atoms with E-state index < -0.39 is 0 Å². The highest BCUT2D eigenvalue weighted by atomic mass is 35.5. The average molecular weight is 308 g/mol. The Kier molecular flexibility index (Phi) is 4.10. The summed E-state index contributed by atoms with van der Waals surface area (Å²) in [7, 11) is 0. The molecule has 2 amide bonds. The van der Waals surface area contributed by atoms with Crippen LogP contribution in [-0.4, -0.2) is 34.3 Å². The quantitative estimate of drug-likeness (QED) is 0.933. The summed E-state index contributed by atoms with van der Waals surface area (Å²) < 4.78 is 0. The highest BCUT2D eigenvalue weighted by molar-refractivity contribution is 6.30. The molecule has 1 aliphatic carbocycles. The number of hydrogen-bond acceptors (Lipinski definition) is 3. The average Bonchev–Trinajstić information content (AvgIpc) is 3.10. The van der Waals surface area contributed by atoms with E-state index in [1.165, 1.54) is 19.0 Å². The summed E-state index contributed by atoms with van der Waals surface area (Å²) in [6, 6.07) is 3.67. The van der Waals surface area contributed by atoms with Crippen LogP contribution in [0.15, 0.2) is 18.3 Å². The van der Waals surface area contributed by atoms with Gasteiger partial charge >= 0.3 is 0 Å². The number of amides is 2. The number of carbonyl (C=O) groups excluding carboxylic acids is 2. The van der Waals surface area contributed by atoms with Gasteiger partial charge in [0, 0.05) is 25.2 Å². The molecule has 112 valence electrons. The van der Waals surface area contributed by atoms with E-state index in [0.29, 0.717) is 29.8 Å². The van der Waals surface area contributed by atoms with Gasteiger partial charge in [-0.15, -0.1) is 0 Å². The Morgan fingerprint density at radius 3 is 2.76 bits per heavy atom. The van der Waals surface area contributed by atoms with Gasteiger partial charge in [-0.1, -0.05) is 24.4 Å². The fourth-order valence-corrected chi connectivity index (χ4v) is 3.27. The molecule has 1 saturated heterocycles. The first kappa shape index (κ1) is 14.3. The SMILES string of the molecule is O=C(Nc1ccc(Cl)cn1)C1CC(=O)N(C2CCCC2)C1. The number of carbonyl (C=O) groups is 2. The van der Waals surface area contributed by atoms with Crippen LogP contribution < -0.4 is 5.32 Å². The maximum atomic E-state index is 12.2. The van der Waals surface area contributed by atoms with E-state index in [1.54, 1.807) is 12.1 Å². The number of aromatic nitrogens is 1. The molecule has 5 nitrogen and oxygen atoms in total. The lowest BCUT2D eigenvalue weighted by molar-refractivity contribution is -0.129. The predicted molar refractivity (Wildman–Crippen MR) is 80.0 cm³/mol. The van der Waals surface area contributed by atoms with Crippen LogP contribution in [0.2, 0.25) is 5.02 Å². The molecule has 1 aromatic heterocycles. The number of pyridine rings is 1. The molecule has 0 aromatic carbocycles. The van der Waals surface area contributed by atoms with Crippen molar-refractivity contribution in [2.75, 3.05) is 11.9 Å². The van der Waals surface area contributed by atoms with Gasteiger partial charge in [-0.05, 0) is 25.0 Å². The highest BCUT2D eigenvalue weighted by Crippen LogP contribution is 2.29. The number of anilines is 1. The number of nitrogens with one attached hydrogen (secondary N) is 1. The number of hydrogen-bond donors (Lipinski definition) is 1. The third kappa shape index (κ3) is 3.18. The van der Waals surface area contributed by atoms with Crippen LogP contribution in [0, 0.1) is 5.92 Å². The summed E-state index contributed by atoms with van der Waals surface area (Å²) in [6.45, 7) is 0.531. The minimum Gasteiger partial charge on any atom is -0.339 e. The molecular weight excluding hydrogens is 290 g/mol. The summed E-state index contributed by atoms with van der Waals surface area (Å²) in [6.07, 6.45) is 6.29. The van der Waals surface area contributed by atoms with Gasteiger partial charge in [0.05, 0.1) is 10.9 Å². The normalized spacial score (nSPS) is 22.8. The molecule has 1 saturated carbocycles. The van der Waals surface area contributed by atoms with Gasteiger partial charge in [0.15, 0.2) is 0 Å². The lowest BCUT2D eigenvalue weighted by atomic mass is 10.1. The zero-order valence-electron chi connectivity index (χ0n) is 11.7. The van der Waals surface area contributed by atoms with Crippen LogP contribution in [0.5, 0.6) is 0 Å². The Labute approximate surface area is 128 Å². The Hall–Kier alpha value is -1.62. The van der Waals surface area contributed by atoms with Gasteiger partial charge < -0.3 is 10.2 Å². The molecule has 21 heavy (non-hydrogen) atoms. The molecule has 1 aliphatic heterocycles. The van der Waals surface area contributed by atoms with Crippen molar-refractivity contribution < 1.29 is 9.59 Å².